The Morgan fingerprint density at radius 3 is 2.75 bits per heavy atom. The maximum absolute atomic E-state index is 13.5. The minimum atomic E-state index is -0.196. The first-order valence-electron chi connectivity index (χ1n) is 6.51. The third kappa shape index (κ3) is 2.85. The van der Waals surface area contributed by atoms with Crippen LogP contribution in [-0.2, 0) is 0 Å². The Balaban J connectivity index is 1.74. The summed E-state index contributed by atoms with van der Waals surface area (Å²) in [4.78, 5) is 4.65. The summed E-state index contributed by atoms with van der Waals surface area (Å²) < 4.78 is 13.5. The third-order valence-corrected chi connectivity index (χ3v) is 4.22. The molecule has 0 saturated carbocycles. The van der Waals surface area contributed by atoms with Gasteiger partial charge in [-0.2, -0.15) is 0 Å². The lowest BCUT2D eigenvalue weighted by molar-refractivity contribution is 0.619. The average molecular weight is 286 g/mol. The van der Waals surface area contributed by atoms with Gasteiger partial charge in [0.1, 0.15) is 5.82 Å². The predicted octanol–water partition coefficient (Wildman–Crippen LogP) is 4.39. The molecule has 4 heteroatoms. The van der Waals surface area contributed by atoms with E-state index in [0.29, 0.717) is 5.56 Å². The number of nitrogens with zero attached hydrogens (tertiary/aromatic N) is 1. The van der Waals surface area contributed by atoms with E-state index in [-0.39, 0.29) is 11.9 Å². The maximum Gasteiger partial charge on any atom is 0.161 e. The Morgan fingerprint density at radius 1 is 1.20 bits per heavy atom. The van der Waals surface area contributed by atoms with Crippen molar-refractivity contribution in [1.29, 1.82) is 0 Å². The number of benzene rings is 2. The molecule has 0 fully saturated rings. The van der Waals surface area contributed by atoms with Crippen LogP contribution in [0, 0.1) is 12.7 Å². The number of aliphatic imine (C=N–C) groups is 1. The van der Waals surface area contributed by atoms with Crippen LogP contribution >= 0.6 is 11.8 Å². The highest BCUT2D eigenvalue weighted by molar-refractivity contribution is 8.14. The number of thioether (sulfide) groups is 1. The van der Waals surface area contributed by atoms with Gasteiger partial charge in [-0.15, -0.1) is 0 Å². The quantitative estimate of drug-likeness (QED) is 0.885. The highest BCUT2D eigenvalue weighted by Gasteiger charge is 2.19. The van der Waals surface area contributed by atoms with Gasteiger partial charge in [0.15, 0.2) is 5.17 Å². The van der Waals surface area contributed by atoms with Crippen molar-refractivity contribution in [2.45, 2.75) is 13.0 Å². The van der Waals surface area contributed by atoms with Gasteiger partial charge >= 0.3 is 0 Å². The number of hydrogen-bond acceptors (Lipinski definition) is 3. The van der Waals surface area contributed by atoms with E-state index in [9.17, 15) is 4.39 Å². The van der Waals surface area contributed by atoms with Gasteiger partial charge in [0.05, 0.1) is 6.04 Å². The van der Waals surface area contributed by atoms with E-state index in [4.69, 9.17) is 0 Å². The molecule has 1 atom stereocenters. The zero-order valence-electron chi connectivity index (χ0n) is 11.1. The van der Waals surface area contributed by atoms with Crippen LogP contribution < -0.4 is 5.32 Å². The predicted molar refractivity (Wildman–Crippen MR) is 83.8 cm³/mol. The van der Waals surface area contributed by atoms with Crippen molar-refractivity contribution >= 4 is 22.6 Å². The van der Waals surface area contributed by atoms with Gasteiger partial charge in [0.2, 0.25) is 0 Å². The number of hydrogen-bond donors (Lipinski definition) is 1. The Morgan fingerprint density at radius 2 is 2.00 bits per heavy atom. The minimum absolute atomic E-state index is 0.180. The number of halogens is 1. The molecular weight excluding hydrogens is 271 g/mol. The first-order valence-corrected chi connectivity index (χ1v) is 7.49. The SMILES string of the molecule is Cc1ccc(NC2=NC(c3ccccc3)CS2)cc1F. The smallest absolute Gasteiger partial charge is 0.161 e. The van der Waals surface area contributed by atoms with E-state index >= 15 is 0 Å². The molecule has 2 aromatic rings. The van der Waals surface area contributed by atoms with Crippen molar-refractivity contribution in [2.24, 2.45) is 4.99 Å². The number of anilines is 1. The summed E-state index contributed by atoms with van der Waals surface area (Å²) in [5.74, 6) is 0.721. The Labute approximate surface area is 122 Å². The second-order valence-electron chi connectivity index (χ2n) is 4.76. The molecule has 0 radical (unpaired) electrons. The first-order chi connectivity index (χ1) is 9.72. The van der Waals surface area contributed by atoms with E-state index < -0.39 is 0 Å². The van der Waals surface area contributed by atoms with Crippen molar-refractivity contribution < 1.29 is 4.39 Å². The summed E-state index contributed by atoms with van der Waals surface area (Å²) in [6, 6.07) is 15.6. The highest BCUT2D eigenvalue weighted by atomic mass is 32.2. The number of rotatable bonds is 2. The molecule has 0 spiro atoms. The third-order valence-electron chi connectivity index (χ3n) is 3.26. The van der Waals surface area contributed by atoms with Gasteiger partial charge in [-0.1, -0.05) is 48.2 Å². The van der Waals surface area contributed by atoms with Crippen LogP contribution in [0.15, 0.2) is 53.5 Å². The Bertz CT molecular complexity index is 640. The van der Waals surface area contributed by atoms with Gasteiger partial charge in [-0.05, 0) is 30.2 Å². The van der Waals surface area contributed by atoms with Crippen LogP contribution in [-0.4, -0.2) is 10.9 Å². The second-order valence-corrected chi connectivity index (χ2v) is 5.77. The monoisotopic (exact) mass is 286 g/mol. The van der Waals surface area contributed by atoms with E-state index in [1.54, 1.807) is 24.8 Å². The van der Waals surface area contributed by atoms with E-state index in [1.807, 2.05) is 24.3 Å². The average Bonchev–Trinajstić information content (AvgIpc) is 2.92. The topological polar surface area (TPSA) is 24.4 Å². The summed E-state index contributed by atoms with van der Waals surface area (Å²) in [6.07, 6.45) is 0. The van der Waals surface area contributed by atoms with Crippen molar-refractivity contribution in [3.8, 4) is 0 Å². The van der Waals surface area contributed by atoms with Crippen molar-refractivity contribution in [3.05, 3.63) is 65.5 Å². The molecule has 20 heavy (non-hydrogen) atoms. The largest absolute Gasteiger partial charge is 0.335 e. The summed E-state index contributed by atoms with van der Waals surface area (Å²) in [6.45, 7) is 1.76. The number of amidine groups is 1. The molecule has 2 aromatic carbocycles. The van der Waals surface area contributed by atoms with Gasteiger partial charge in [0.25, 0.3) is 0 Å². The van der Waals surface area contributed by atoms with E-state index in [1.165, 1.54) is 11.6 Å². The van der Waals surface area contributed by atoms with Crippen LogP contribution in [0.3, 0.4) is 0 Å². The van der Waals surface area contributed by atoms with E-state index in [2.05, 4.69) is 22.4 Å². The zero-order chi connectivity index (χ0) is 13.9. The molecule has 0 aliphatic carbocycles. The summed E-state index contributed by atoms with van der Waals surface area (Å²) in [5, 5.41) is 4.03. The molecule has 1 aliphatic rings. The number of nitrogens with one attached hydrogen (secondary N) is 1. The summed E-state index contributed by atoms with van der Waals surface area (Å²) >= 11 is 1.67. The van der Waals surface area contributed by atoms with Crippen molar-refractivity contribution in [3.63, 3.8) is 0 Å². The zero-order valence-corrected chi connectivity index (χ0v) is 12.0. The van der Waals surface area contributed by atoms with Gasteiger partial charge in [-0.3, -0.25) is 4.99 Å². The van der Waals surface area contributed by atoms with Crippen LogP contribution in [0.2, 0.25) is 0 Å². The first kappa shape index (κ1) is 13.2. The summed E-state index contributed by atoms with van der Waals surface area (Å²) in [5.41, 5.74) is 2.61. The lowest BCUT2D eigenvalue weighted by atomic mass is 10.1. The lowest BCUT2D eigenvalue weighted by Crippen LogP contribution is -2.05. The van der Waals surface area contributed by atoms with E-state index in [0.717, 1.165) is 16.6 Å². The fourth-order valence-electron chi connectivity index (χ4n) is 2.08. The molecule has 2 nitrogen and oxygen atoms in total. The lowest BCUT2D eigenvalue weighted by Gasteiger charge is -2.06. The van der Waals surface area contributed by atoms with Gasteiger partial charge in [-0.25, -0.2) is 4.39 Å². The van der Waals surface area contributed by atoms with Crippen molar-refractivity contribution in [2.75, 3.05) is 11.1 Å². The molecule has 0 amide bonds. The molecule has 0 aromatic heterocycles. The molecule has 1 aliphatic heterocycles. The van der Waals surface area contributed by atoms with Crippen LogP contribution in [0.4, 0.5) is 10.1 Å². The molecule has 0 saturated heterocycles. The summed E-state index contributed by atoms with van der Waals surface area (Å²) in [7, 11) is 0. The maximum atomic E-state index is 13.5. The molecule has 102 valence electrons. The Hall–Kier alpha value is -1.81. The van der Waals surface area contributed by atoms with Gasteiger partial charge < -0.3 is 5.32 Å². The Kier molecular flexibility index (Phi) is 3.74. The normalized spacial score (nSPS) is 17.9. The fourth-order valence-corrected chi connectivity index (χ4v) is 3.06. The molecule has 1 N–H and O–H groups in total. The van der Waals surface area contributed by atoms with Crippen LogP contribution in [0.25, 0.3) is 0 Å². The fraction of sp³-hybridized carbons (Fsp3) is 0.188. The number of aryl methyl sites for hydroxylation is 1. The van der Waals surface area contributed by atoms with Crippen LogP contribution in [0.5, 0.6) is 0 Å². The molecule has 1 heterocycles. The molecular formula is C16H15FN2S. The molecule has 3 rings (SSSR count). The highest BCUT2D eigenvalue weighted by Crippen LogP contribution is 2.30. The van der Waals surface area contributed by atoms with Gasteiger partial charge in [0, 0.05) is 11.4 Å². The molecule has 1 unspecified atom stereocenters. The minimum Gasteiger partial charge on any atom is -0.335 e. The van der Waals surface area contributed by atoms with Crippen molar-refractivity contribution in [1.82, 2.24) is 0 Å². The standard InChI is InChI=1S/C16H15FN2S/c1-11-7-8-13(9-14(11)17)18-16-19-15(10-20-16)12-5-3-2-4-6-12/h2-9,15H,10H2,1H3,(H,18,19). The molecule has 0 bridgehead atoms. The van der Waals surface area contributed by atoms with Crippen LogP contribution in [0.1, 0.15) is 17.2 Å². The second kappa shape index (κ2) is 5.67.